The van der Waals surface area contributed by atoms with E-state index in [1.807, 2.05) is 6.92 Å². The Bertz CT molecular complexity index is 869. The van der Waals surface area contributed by atoms with Crippen LogP contribution in [0.4, 0.5) is 5.69 Å². The van der Waals surface area contributed by atoms with E-state index in [0.717, 1.165) is 40.9 Å². The lowest BCUT2D eigenvalue weighted by Gasteiger charge is -2.18. The Hall–Kier alpha value is -2.31. The molecule has 1 aromatic heterocycles. The molecule has 2 rings (SSSR count). The molecule has 0 unspecified atom stereocenters. The number of carbonyl (C=O) groups is 1. The van der Waals surface area contributed by atoms with Gasteiger partial charge in [0.15, 0.2) is 0 Å². The van der Waals surface area contributed by atoms with E-state index in [0.29, 0.717) is 22.7 Å². The topological polar surface area (TPSA) is 42.0 Å². The molecule has 1 aromatic carbocycles. The summed E-state index contributed by atoms with van der Waals surface area (Å²) in [4.78, 5) is 17.5. The normalized spacial score (nSPS) is 10.5. The van der Waals surface area contributed by atoms with Crippen LogP contribution in [0.2, 0.25) is 5.02 Å². The van der Waals surface area contributed by atoms with Crippen LogP contribution in [-0.2, 0) is 19.3 Å². The van der Waals surface area contributed by atoms with Gasteiger partial charge in [-0.3, -0.25) is 9.78 Å². The number of halogens is 1. The average molecular weight is 369 g/mol. The van der Waals surface area contributed by atoms with E-state index >= 15 is 0 Å². The summed E-state index contributed by atoms with van der Waals surface area (Å²) < 4.78 is 0. The predicted molar refractivity (Wildman–Crippen MR) is 109 cm³/mol. The van der Waals surface area contributed by atoms with E-state index < -0.39 is 0 Å². The number of aromatic nitrogens is 1. The molecule has 1 heterocycles. The largest absolute Gasteiger partial charge is 0.321 e. The summed E-state index contributed by atoms with van der Waals surface area (Å²) >= 11 is 6.54. The molecule has 136 valence electrons. The molecule has 0 aliphatic carbocycles. The summed E-state index contributed by atoms with van der Waals surface area (Å²) in [5.41, 5.74) is 6.81. The molecular formula is C22H25ClN2O. The second-order valence-corrected chi connectivity index (χ2v) is 6.83. The van der Waals surface area contributed by atoms with Crippen molar-refractivity contribution in [3.8, 4) is 12.3 Å². The minimum Gasteiger partial charge on any atom is -0.321 e. The van der Waals surface area contributed by atoms with Gasteiger partial charge in [0, 0.05) is 23.4 Å². The second kappa shape index (κ2) is 8.38. The first-order valence-corrected chi connectivity index (χ1v) is 9.24. The highest BCUT2D eigenvalue weighted by molar-refractivity contribution is 6.35. The van der Waals surface area contributed by atoms with Gasteiger partial charge in [-0.1, -0.05) is 43.1 Å². The number of terminal acetylenes is 1. The van der Waals surface area contributed by atoms with Crippen molar-refractivity contribution in [1.29, 1.82) is 0 Å². The molecule has 1 amide bonds. The van der Waals surface area contributed by atoms with Crippen LogP contribution in [0.15, 0.2) is 12.1 Å². The van der Waals surface area contributed by atoms with Crippen molar-refractivity contribution in [3.05, 3.63) is 56.4 Å². The minimum atomic E-state index is -0.244. The Morgan fingerprint density at radius 1 is 1.15 bits per heavy atom. The third-order valence-corrected chi connectivity index (χ3v) is 4.99. The zero-order chi connectivity index (χ0) is 19.4. The standard InChI is InChI=1S/C22H25ClN2O/c1-7-10-18-14(5)24-15(6)19(20(18)23)22(26)25-21-16(8-2)11-13(4)12-17(21)9-3/h1,11-12H,8-10H2,2-6H3,(H,25,26). The minimum absolute atomic E-state index is 0.244. The number of hydrogen-bond donors (Lipinski definition) is 1. The van der Waals surface area contributed by atoms with Crippen LogP contribution in [0.5, 0.6) is 0 Å². The molecule has 4 heteroatoms. The molecule has 2 aromatic rings. The molecule has 1 N–H and O–H groups in total. The molecule has 0 atom stereocenters. The van der Waals surface area contributed by atoms with E-state index in [9.17, 15) is 4.79 Å². The summed E-state index contributed by atoms with van der Waals surface area (Å²) in [5, 5.41) is 3.48. The number of nitrogens with one attached hydrogen (secondary N) is 1. The molecule has 26 heavy (non-hydrogen) atoms. The lowest BCUT2D eigenvalue weighted by Crippen LogP contribution is -2.18. The first-order valence-electron chi connectivity index (χ1n) is 8.86. The molecular weight excluding hydrogens is 344 g/mol. The van der Waals surface area contributed by atoms with Crippen molar-refractivity contribution in [2.45, 2.75) is 53.9 Å². The lowest BCUT2D eigenvalue weighted by molar-refractivity contribution is 0.102. The maximum atomic E-state index is 13.1. The molecule has 0 aliphatic rings. The third kappa shape index (κ3) is 3.92. The average Bonchev–Trinajstić information content (AvgIpc) is 2.59. The number of aryl methyl sites for hydroxylation is 5. The highest BCUT2D eigenvalue weighted by atomic mass is 35.5. The van der Waals surface area contributed by atoms with Gasteiger partial charge in [-0.15, -0.1) is 12.3 Å². The van der Waals surface area contributed by atoms with Crippen LogP contribution in [0.1, 0.15) is 57.8 Å². The van der Waals surface area contributed by atoms with Crippen LogP contribution in [-0.4, -0.2) is 10.9 Å². The Morgan fingerprint density at radius 3 is 2.23 bits per heavy atom. The quantitative estimate of drug-likeness (QED) is 0.736. The van der Waals surface area contributed by atoms with Gasteiger partial charge in [-0.05, 0) is 44.7 Å². The SMILES string of the molecule is C#CCc1c(C)nc(C)c(C(=O)Nc2c(CC)cc(C)cc2CC)c1Cl. The smallest absolute Gasteiger partial charge is 0.259 e. The van der Waals surface area contributed by atoms with Gasteiger partial charge >= 0.3 is 0 Å². The van der Waals surface area contributed by atoms with Gasteiger partial charge in [-0.25, -0.2) is 0 Å². The first-order chi connectivity index (χ1) is 12.3. The van der Waals surface area contributed by atoms with Crippen LogP contribution in [0, 0.1) is 33.1 Å². The summed E-state index contributed by atoms with van der Waals surface area (Å²) in [6.45, 7) is 9.89. The number of amides is 1. The fourth-order valence-electron chi connectivity index (χ4n) is 3.25. The summed E-state index contributed by atoms with van der Waals surface area (Å²) in [6, 6.07) is 4.22. The highest BCUT2D eigenvalue weighted by Crippen LogP contribution is 2.29. The van der Waals surface area contributed by atoms with Crippen molar-refractivity contribution in [3.63, 3.8) is 0 Å². The molecule has 0 radical (unpaired) electrons. The van der Waals surface area contributed by atoms with E-state index in [2.05, 4.69) is 49.1 Å². The van der Waals surface area contributed by atoms with Gasteiger partial charge in [0.2, 0.25) is 0 Å². The van der Waals surface area contributed by atoms with Gasteiger partial charge in [0.1, 0.15) is 0 Å². The molecule has 0 fully saturated rings. The molecule has 3 nitrogen and oxygen atoms in total. The third-order valence-electron chi connectivity index (χ3n) is 4.57. The van der Waals surface area contributed by atoms with Crippen LogP contribution < -0.4 is 5.32 Å². The maximum absolute atomic E-state index is 13.1. The van der Waals surface area contributed by atoms with Crippen molar-refractivity contribution in [2.24, 2.45) is 0 Å². The monoisotopic (exact) mass is 368 g/mol. The number of hydrogen-bond acceptors (Lipinski definition) is 2. The molecule has 0 bridgehead atoms. The summed E-state index contributed by atoms with van der Waals surface area (Å²) in [6.07, 6.45) is 7.47. The Morgan fingerprint density at radius 2 is 1.73 bits per heavy atom. The van der Waals surface area contributed by atoms with E-state index in [4.69, 9.17) is 18.0 Å². The molecule has 0 saturated heterocycles. The fraction of sp³-hybridized carbons (Fsp3) is 0.364. The van der Waals surface area contributed by atoms with Gasteiger partial charge in [-0.2, -0.15) is 0 Å². The molecule has 0 aliphatic heterocycles. The Balaban J connectivity index is 2.53. The Labute approximate surface area is 161 Å². The van der Waals surface area contributed by atoms with E-state index in [1.54, 1.807) is 6.92 Å². The van der Waals surface area contributed by atoms with Crippen LogP contribution in [0.25, 0.3) is 0 Å². The van der Waals surface area contributed by atoms with Crippen LogP contribution in [0.3, 0.4) is 0 Å². The fourth-order valence-corrected chi connectivity index (χ4v) is 3.68. The van der Waals surface area contributed by atoms with Crippen molar-refractivity contribution in [2.75, 3.05) is 5.32 Å². The van der Waals surface area contributed by atoms with Crippen molar-refractivity contribution in [1.82, 2.24) is 4.98 Å². The number of pyridine rings is 1. The number of nitrogens with zero attached hydrogens (tertiary/aromatic N) is 1. The number of carbonyl (C=O) groups excluding carboxylic acids is 1. The van der Waals surface area contributed by atoms with Crippen molar-refractivity contribution >= 4 is 23.2 Å². The van der Waals surface area contributed by atoms with E-state index in [1.165, 1.54) is 5.56 Å². The second-order valence-electron chi connectivity index (χ2n) is 6.45. The van der Waals surface area contributed by atoms with Gasteiger partial charge in [0.25, 0.3) is 5.91 Å². The zero-order valence-electron chi connectivity index (χ0n) is 16.1. The molecule has 0 saturated carbocycles. The number of rotatable bonds is 5. The summed E-state index contributed by atoms with van der Waals surface area (Å²) in [5.74, 6) is 2.34. The van der Waals surface area contributed by atoms with Gasteiger partial charge < -0.3 is 5.32 Å². The van der Waals surface area contributed by atoms with Gasteiger partial charge in [0.05, 0.1) is 16.3 Å². The zero-order valence-corrected chi connectivity index (χ0v) is 16.8. The Kier molecular flexibility index (Phi) is 6.45. The summed E-state index contributed by atoms with van der Waals surface area (Å²) in [7, 11) is 0. The highest BCUT2D eigenvalue weighted by Gasteiger charge is 2.21. The number of benzene rings is 1. The van der Waals surface area contributed by atoms with Crippen molar-refractivity contribution < 1.29 is 4.79 Å². The predicted octanol–water partition coefficient (Wildman–Crippen LogP) is 5.21. The first kappa shape index (κ1) is 20.0. The number of anilines is 1. The van der Waals surface area contributed by atoms with Crippen LogP contribution >= 0.6 is 11.6 Å². The van der Waals surface area contributed by atoms with E-state index in [-0.39, 0.29) is 5.91 Å². The molecule has 0 spiro atoms. The maximum Gasteiger partial charge on any atom is 0.259 e. The lowest BCUT2D eigenvalue weighted by atomic mass is 9.99.